The van der Waals surface area contributed by atoms with Crippen molar-refractivity contribution < 1.29 is 19.0 Å². The number of likely N-dealkylation sites (tertiary alicyclic amines) is 1. The fraction of sp³-hybridized carbons (Fsp3) is 0.536. The van der Waals surface area contributed by atoms with Gasteiger partial charge >= 0.3 is 6.09 Å². The number of hydrogen-bond donors (Lipinski definition) is 0. The van der Waals surface area contributed by atoms with Gasteiger partial charge in [-0.25, -0.2) is 14.8 Å². The average Bonchev–Trinajstić information content (AvgIpc) is 2.90. The van der Waals surface area contributed by atoms with Crippen LogP contribution >= 0.6 is 0 Å². The van der Waals surface area contributed by atoms with Crippen molar-refractivity contribution in [3.05, 3.63) is 52.5 Å². The van der Waals surface area contributed by atoms with Gasteiger partial charge in [0.25, 0.3) is 5.56 Å². The molecule has 0 unspecified atom stereocenters. The van der Waals surface area contributed by atoms with Gasteiger partial charge in [0.2, 0.25) is 0 Å². The van der Waals surface area contributed by atoms with E-state index in [4.69, 9.17) is 14.2 Å². The number of aromatic nitrogens is 4. The van der Waals surface area contributed by atoms with Crippen molar-refractivity contribution in [3.8, 4) is 11.5 Å². The number of amides is 1. The van der Waals surface area contributed by atoms with Crippen LogP contribution in [0.2, 0.25) is 0 Å². The van der Waals surface area contributed by atoms with E-state index in [9.17, 15) is 9.59 Å². The van der Waals surface area contributed by atoms with Crippen LogP contribution in [0.25, 0.3) is 11.0 Å². The molecule has 0 saturated carbocycles. The van der Waals surface area contributed by atoms with E-state index in [2.05, 4.69) is 19.9 Å². The summed E-state index contributed by atoms with van der Waals surface area (Å²) in [6, 6.07) is 5.18. The van der Waals surface area contributed by atoms with Gasteiger partial charge in [-0.2, -0.15) is 0 Å². The molecule has 0 radical (unpaired) electrons. The molecule has 1 amide bonds. The van der Waals surface area contributed by atoms with Crippen molar-refractivity contribution in [1.29, 1.82) is 0 Å². The Morgan fingerprint density at radius 3 is 2.56 bits per heavy atom. The molecule has 5 rings (SSSR count). The van der Waals surface area contributed by atoms with E-state index >= 15 is 0 Å². The molecule has 11 heteroatoms. The normalized spacial score (nSPS) is 16.3. The molecule has 0 aliphatic carbocycles. The second-order valence-corrected chi connectivity index (χ2v) is 11.0. The molecule has 1 saturated heterocycles. The Bertz CT molecular complexity index is 1390. The van der Waals surface area contributed by atoms with E-state index < -0.39 is 5.60 Å². The van der Waals surface area contributed by atoms with Gasteiger partial charge < -0.3 is 19.1 Å². The van der Waals surface area contributed by atoms with Crippen LogP contribution in [0.15, 0.2) is 35.4 Å². The molecular formula is C28H36N6O5. The fourth-order valence-corrected chi connectivity index (χ4v) is 4.98. The summed E-state index contributed by atoms with van der Waals surface area (Å²) >= 11 is 0. The predicted octanol–water partition coefficient (Wildman–Crippen LogP) is 3.17. The number of hydrogen-bond acceptors (Lipinski definition) is 9. The number of fused-ring (bicyclic) bond motifs is 2. The second kappa shape index (κ2) is 11.2. The first-order chi connectivity index (χ1) is 18.7. The number of carbonyl (C=O) groups is 1. The highest BCUT2D eigenvalue weighted by molar-refractivity contribution is 5.73. The fourth-order valence-electron chi connectivity index (χ4n) is 4.98. The van der Waals surface area contributed by atoms with E-state index in [1.807, 2.05) is 33.8 Å². The molecule has 39 heavy (non-hydrogen) atoms. The second-order valence-electron chi connectivity index (χ2n) is 11.0. The minimum atomic E-state index is -0.607. The van der Waals surface area contributed by atoms with Gasteiger partial charge in [-0.05, 0) is 46.6 Å². The lowest BCUT2D eigenvalue weighted by atomic mass is 10.0. The van der Waals surface area contributed by atoms with Gasteiger partial charge in [0.1, 0.15) is 30.3 Å². The highest BCUT2D eigenvalue weighted by atomic mass is 16.6. The zero-order valence-corrected chi connectivity index (χ0v) is 23.1. The van der Waals surface area contributed by atoms with Crippen LogP contribution in [0.5, 0.6) is 11.5 Å². The van der Waals surface area contributed by atoms with Gasteiger partial charge in [-0.15, -0.1) is 0 Å². The lowest BCUT2D eigenvalue weighted by Crippen LogP contribution is -2.49. The highest BCUT2D eigenvalue weighted by Gasteiger charge is 2.32. The van der Waals surface area contributed by atoms with Crippen LogP contribution < -0.4 is 15.0 Å². The molecule has 1 fully saturated rings. The van der Waals surface area contributed by atoms with Crippen molar-refractivity contribution in [1.82, 2.24) is 29.3 Å². The zero-order chi connectivity index (χ0) is 27.6. The first-order valence-corrected chi connectivity index (χ1v) is 13.5. The lowest BCUT2D eigenvalue weighted by Gasteiger charge is -2.39. The number of carbonyl (C=O) groups excluding carboxylic acids is 1. The molecule has 11 nitrogen and oxygen atoms in total. The van der Waals surface area contributed by atoms with Crippen molar-refractivity contribution in [2.24, 2.45) is 0 Å². The molecule has 0 N–H and O–H groups in total. The summed E-state index contributed by atoms with van der Waals surface area (Å²) in [4.78, 5) is 43.3. The predicted molar refractivity (Wildman–Crippen MR) is 145 cm³/mol. The van der Waals surface area contributed by atoms with Gasteiger partial charge in [0.15, 0.2) is 11.5 Å². The first-order valence-electron chi connectivity index (χ1n) is 13.5. The lowest BCUT2D eigenvalue weighted by molar-refractivity contribution is 0.00529. The Morgan fingerprint density at radius 1 is 1.08 bits per heavy atom. The Morgan fingerprint density at radius 2 is 1.82 bits per heavy atom. The standard InChI is InChI=1S/C28H36N6O5/c1-19-29-16-20-5-6-25(35)33(26(20)31-19)12-11-32-9-7-22(8-10-32)34(27(36)39-28(2,3)4)18-21-15-23-24(17-30-21)38-14-13-37-23/h5-6,15-17,22H,7-14,18H2,1-4H3. The summed E-state index contributed by atoms with van der Waals surface area (Å²) in [5.41, 5.74) is 0.704. The summed E-state index contributed by atoms with van der Waals surface area (Å²) in [5, 5.41) is 0.847. The summed E-state index contributed by atoms with van der Waals surface area (Å²) in [5.74, 6) is 1.90. The molecular weight excluding hydrogens is 500 g/mol. The van der Waals surface area contributed by atoms with Crippen LogP contribution in [0.1, 0.15) is 45.1 Å². The summed E-state index contributed by atoms with van der Waals surface area (Å²) in [6.07, 6.45) is 4.63. The third-order valence-electron chi connectivity index (χ3n) is 6.93. The summed E-state index contributed by atoms with van der Waals surface area (Å²) in [6.45, 7) is 11.6. The highest BCUT2D eigenvalue weighted by Crippen LogP contribution is 2.30. The molecule has 5 heterocycles. The maximum atomic E-state index is 13.3. The van der Waals surface area contributed by atoms with E-state index in [1.54, 1.807) is 34.0 Å². The summed E-state index contributed by atoms with van der Waals surface area (Å²) < 4.78 is 18.8. The summed E-state index contributed by atoms with van der Waals surface area (Å²) in [7, 11) is 0. The van der Waals surface area contributed by atoms with Gasteiger partial charge in [-0.3, -0.25) is 19.2 Å². The molecule has 3 aromatic heterocycles. The molecule has 0 aromatic carbocycles. The average molecular weight is 537 g/mol. The van der Waals surface area contributed by atoms with E-state index in [1.165, 1.54) is 0 Å². The third-order valence-corrected chi connectivity index (χ3v) is 6.93. The molecule has 3 aromatic rings. The first kappa shape index (κ1) is 26.9. The number of nitrogens with zero attached hydrogens (tertiary/aromatic N) is 6. The van der Waals surface area contributed by atoms with Crippen LogP contribution in [-0.2, 0) is 17.8 Å². The Hall–Kier alpha value is -3.73. The maximum Gasteiger partial charge on any atom is 0.410 e. The molecule has 0 bridgehead atoms. The molecule has 208 valence electrons. The number of piperidine rings is 1. The smallest absolute Gasteiger partial charge is 0.410 e. The monoisotopic (exact) mass is 536 g/mol. The number of aryl methyl sites for hydroxylation is 1. The molecule has 2 aliphatic rings. The number of rotatable bonds is 6. The minimum Gasteiger partial charge on any atom is -0.486 e. The largest absolute Gasteiger partial charge is 0.486 e. The number of pyridine rings is 2. The van der Waals surface area contributed by atoms with Crippen molar-refractivity contribution in [2.75, 3.05) is 32.8 Å². The van der Waals surface area contributed by atoms with Crippen LogP contribution in [0.4, 0.5) is 4.79 Å². The SMILES string of the molecule is Cc1ncc2ccc(=O)n(CCN3CCC(N(Cc4cc5c(cn4)OCCO5)C(=O)OC(C)(C)C)CC3)c2n1. The van der Waals surface area contributed by atoms with Crippen molar-refractivity contribution in [3.63, 3.8) is 0 Å². The zero-order valence-electron chi connectivity index (χ0n) is 23.1. The Balaban J connectivity index is 1.26. The van der Waals surface area contributed by atoms with E-state index in [0.717, 1.165) is 37.0 Å². The van der Waals surface area contributed by atoms with Gasteiger partial charge in [-0.1, -0.05) is 0 Å². The molecule has 0 spiro atoms. The third kappa shape index (κ3) is 6.47. The topological polar surface area (TPSA) is 112 Å². The van der Waals surface area contributed by atoms with Crippen molar-refractivity contribution in [2.45, 2.75) is 65.3 Å². The van der Waals surface area contributed by atoms with Crippen LogP contribution in [-0.4, -0.2) is 79.9 Å². The van der Waals surface area contributed by atoms with Crippen molar-refractivity contribution >= 4 is 17.1 Å². The quantitative estimate of drug-likeness (QED) is 0.469. The van der Waals surface area contributed by atoms with Crippen LogP contribution in [0, 0.1) is 6.92 Å². The molecule has 0 atom stereocenters. The Labute approximate surface area is 227 Å². The molecule has 2 aliphatic heterocycles. The van der Waals surface area contributed by atoms with Gasteiger partial charge in [0.05, 0.1) is 18.4 Å². The minimum absolute atomic E-state index is 0.00164. The van der Waals surface area contributed by atoms with E-state index in [-0.39, 0.29) is 17.7 Å². The Kier molecular flexibility index (Phi) is 7.69. The maximum absolute atomic E-state index is 13.3. The van der Waals surface area contributed by atoms with E-state index in [0.29, 0.717) is 55.8 Å². The number of ether oxygens (including phenoxy) is 3. The van der Waals surface area contributed by atoms with Gasteiger partial charge in [0, 0.05) is 55.9 Å². The van der Waals surface area contributed by atoms with Crippen LogP contribution in [0.3, 0.4) is 0 Å².